The molecular formula is C19H23NO2. The summed E-state index contributed by atoms with van der Waals surface area (Å²) in [6.07, 6.45) is 3.58. The fourth-order valence-corrected chi connectivity index (χ4v) is 2.91. The number of methoxy groups -OCH3 is 1. The molecule has 1 unspecified atom stereocenters. The zero-order valence-corrected chi connectivity index (χ0v) is 13.0. The molecule has 0 saturated carbocycles. The lowest BCUT2D eigenvalue weighted by atomic mass is 10.0. The van der Waals surface area contributed by atoms with Gasteiger partial charge in [0.15, 0.2) is 11.5 Å². The standard InChI is InChI=1S/C19H23NO2/c1-21-18-10-9-16(12-17-8-5-11-20-17)13-19(18)22-14-15-6-3-2-4-7-15/h2-4,6-7,9-10,13,17,20H,5,8,11-12,14H2,1H3. The number of benzene rings is 2. The maximum Gasteiger partial charge on any atom is 0.161 e. The minimum absolute atomic E-state index is 0.558. The second-order valence-corrected chi connectivity index (χ2v) is 5.76. The first-order valence-corrected chi connectivity index (χ1v) is 7.92. The summed E-state index contributed by atoms with van der Waals surface area (Å²) >= 11 is 0. The van der Waals surface area contributed by atoms with Gasteiger partial charge < -0.3 is 14.8 Å². The number of nitrogens with one attached hydrogen (secondary N) is 1. The molecule has 2 aromatic rings. The average Bonchev–Trinajstić information content (AvgIpc) is 3.07. The maximum absolute atomic E-state index is 5.97. The quantitative estimate of drug-likeness (QED) is 0.884. The van der Waals surface area contributed by atoms with Crippen molar-refractivity contribution in [3.63, 3.8) is 0 Å². The Hall–Kier alpha value is -2.00. The fraction of sp³-hybridized carbons (Fsp3) is 0.368. The van der Waals surface area contributed by atoms with Gasteiger partial charge in [0, 0.05) is 6.04 Å². The summed E-state index contributed by atoms with van der Waals surface area (Å²) in [6.45, 7) is 1.69. The molecule has 1 heterocycles. The molecule has 1 saturated heterocycles. The Morgan fingerprint density at radius 1 is 1.05 bits per heavy atom. The van der Waals surface area contributed by atoms with E-state index < -0.39 is 0 Å². The van der Waals surface area contributed by atoms with Crippen LogP contribution in [0.25, 0.3) is 0 Å². The molecule has 1 aliphatic rings. The first-order valence-electron chi connectivity index (χ1n) is 7.92. The van der Waals surface area contributed by atoms with Crippen LogP contribution in [0.2, 0.25) is 0 Å². The molecule has 3 nitrogen and oxygen atoms in total. The number of ether oxygens (including phenoxy) is 2. The summed E-state index contributed by atoms with van der Waals surface area (Å²) in [7, 11) is 1.68. The highest BCUT2D eigenvalue weighted by atomic mass is 16.5. The number of hydrogen-bond donors (Lipinski definition) is 1. The Bertz CT molecular complexity index is 592. The van der Waals surface area contributed by atoms with E-state index in [0.717, 1.165) is 30.0 Å². The van der Waals surface area contributed by atoms with E-state index in [9.17, 15) is 0 Å². The summed E-state index contributed by atoms with van der Waals surface area (Å²) in [5.41, 5.74) is 2.45. The zero-order valence-electron chi connectivity index (χ0n) is 13.0. The minimum Gasteiger partial charge on any atom is -0.493 e. The molecule has 3 rings (SSSR count). The van der Waals surface area contributed by atoms with E-state index in [2.05, 4.69) is 29.6 Å². The summed E-state index contributed by atoms with van der Waals surface area (Å²) in [5.74, 6) is 1.61. The van der Waals surface area contributed by atoms with Crippen molar-refractivity contribution >= 4 is 0 Å². The Morgan fingerprint density at radius 3 is 2.64 bits per heavy atom. The van der Waals surface area contributed by atoms with Crippen LogP contribution < -0.4 is 14.8 Å². The van der Waals surface area contributed by atoms with Gasteiger partial charge in [0.05, 0.1) is 7.11 Å². The topological polar surface area (TPSA) is 30.5 Å². The summed E-state index contributed by atoms with van der Waals surface area (Å²) in [5, 5.41) is 3.54. The van der Waals surface area contributed by atoms with E-state index in [1.165, 1.54) is 18.4 Å². The molecule has 0 aliphatic carbocycles. The molecule has 0 radical (unpaired) electrons. The Labute approximate surface area is 132 Å². The van der Waals surface area contributed by atoms with Crippen LogP contribution in [0.3, 0.4) is 0 Å². The van der Waals surface area contributed by atoms with Gasteiger partial charge in [0.2, 0.25) is 0 Å². The second-order valence-electron chi connectivity index (χ2n) is 5.76. The van der Waals surface area contributed by atoms with Crippen LogP contribution in [0.4, 0.5) is 0 Å². The molecule has 1 atom stereocenters. The van der Waals surface area contributed by atoms with Gasteiger partial charge in [-0.2, -0.15) is 0 Å². The van der Waals surface area contributed by atoms with Crippen LogP contribution in [0.1, 0.15) is 24.0 Å². The van der Waals surface area contributed by atoms with Crippen LogP contribution in [0, 0.1) is 0 Å². The molecule has 0 aromatic heterocycles. The predicted molar refractivity (Wildman–Crippen MR) is 88.5 cm³/mol. The Balaban J connectivity index is 1.70. The highest BCUT2D eigenvalue weighted by molar-refractivity contribution is 5.43. The van der Waals surface area contributed by atoms with Crippen molar-refractivity contribution in [2.24, 2.45) is 0 Å². The molecule has 0 bridgehead atoms. The van der Waals surface area contributed by atoms with Gasteiger partial charge in [-0.25, -0.2) is 0 Å². The zero-order chi connectivity index (χ0) is 15.2. The van der Waals surface area contributed by atoms with Crippen molar-refractivity contribution in [1.82, 2.24) is 5.32 Å². The van der Waals surface area contributed by atoms with Gasteiger partial charge in [-0.15, -0.1) is 0 Å². The highest BCUT2D eigenvalue weighted by Gasteiger charge is 2.15. The van der Waals surface area contributed by atoms with Crippen molar-refractivity contribution in [1.29, 1.82) is 0 Å². The Kier molecular flexibility index (Phi) is 4.96. The maximum atomic E-state index is 5.97. The molecule has 1 aliphatic heterocycles. The van der Waals surface area contributed by atoms with E-state index in [4.69, 9.17) is 9.47 Å². The third kappa shape index (κ3) is 3.80. The van der Waals surface area contributed by atoms with Crippen LogP contribution in [-0.2, 0) is 13.0 Å². The molecule has 1 N–H and O–H groups in total. The first kappa shape index (κ1) is 14.9. The van der Waals surface area contributed by atoms with Crippen molar-refractivity contribution in [3.8, 4) is 11.5 Å². The minimum atomic E-state index is 0.558. The predicted octanol–water partition coefficient (Wildman–Crippen LogP) is 3.57. The lowest BCUT2D eigenvalue weighted by molar-refractivity contribution is 0.284. The second kappa shape index (κ2) is 7.32. The van der Waals surface area contributed by atoms with Crippen molar-refractivity contribution in [3.05, 3.63) is 59.7 Å². The molecule has 1 fully saturated rings. The van der Waals surface area contributed by atoms with Crippen molar-refractivity contribution in [2.75, 3.05) is 13.7 Å². The smallest absolute Gasteiger partial charge is 0.161 e. The van der Waals surface area contributed by atoms with E-state index in [0.29, 0.717) is 12.6 Å². The van der Waals surface area contributed by atoms with Gasteiger partial charge in [-0.05, 0) is 49.1 Å². The lowest BCUT2D eigenvalue weighted by Gasteiger charge is -2.14. The molecule has 116 valence electrons. The summed E-state index contributed by atoms with van der Waals surface area (Å²) < 4.78 is 11.4. The third-order valence-corrected chi connectivity index (χ3v) is 4.11. The lowest BCUT2D eigenvalue weighted by Crippen LogP contribution is -2.23. The van der Waals surface area contributed by atoms with E-state index in [-0.39, 0.29) is 0 Å². The third-order valence-electron chi connectivity index (χ3n) is 4.11. The van der Waals surface area contributed by atoms with Gasteiger partial charge in [-0.3, -0.25) is 0 Å². The van der Waals surface area contributed by atoms with E-state index in [1.807, 2.05) is 24.3 Å². The van der Waals surface area contributed by atoms with Gasteiger partial charge in [-0.1, -0.05) is 36.4 Å². The van der Waals surface area contributed by atoms with E-state index in [1.54, 1.807) is 7.11 Å². The summed E-state index contributed by atoms with van der Waals surface area (Å²) in [6, 6.07) is 17.0. The molecule has 22 heavy (non-hydrogen) atoms. The van der Waals surface area contributed by atoms with Crippen LogP contribution >= 0.6 is 0 Å². The fourth-order valence-electron chi connectivity index (χ4n) is 2.91. The normalized spacial score (nSPS) is 17.4. The van der Waals surface area contributed by atoms with E-state index >= 15 is 0 Å². The SMILES string of the molecule is COc1ccc(CC2CCCN2)cc1OCc1ccccc1. The van der Waals surface area contributed by atoms with Gasteiger partial charge >= 0.3 is 0 Å². The van der Waals surface area contributed by atoms with Crippen molar-refractivity contribution in [2.45, 2.75) is 31.9 Å². The summed E-state index contributed by atoms with van der Waals surface area (Å²) in [4.78, 5) is 0. The van der Waals surface area contributed by atoms with Gasteiger partial charge in [0.1, 0.15) is 6.61 Å². The molecule has 0 amide bonds. The molecular weight excluding hydrogens is 274 g/mol. The largest absolute Gasteiger partial charge is 0.493 e. The molecule has 2 aromatic carbocycles. The highest BCUT2D eigenvalue weighted by Crippen LogP contribution is 2.29. The van der Waals surface area contributed by atoms with Crippen LogP contribution in [-0.4, -0.2) is 19.7 Å². The molecule has 0 spiro atoms. The average molecular weight is 297 g/mol. The Morgan fingerprint density at radius 2 is 1.91 bits per heavy atom. The number of hydrogen-bond acceptors (Lipinski definition) is 3. The molecule has 3 heteroatoms. The first-order chi connectivity index (χ1) is 10.8. The van der Waals surface area contributed by atoms with Crippen LogP contribution in [0.5, 0.6) is 11.5 Å². The van der Waals surface area contributed by atoms with Crippen molar-refractivity contribution < 1.29 is 9.47 Å². The van der Waals surface area contributed by atoms with Crippen LogP contribution in [0.15, 0.2) is 48.5 Å². The van der Waals surface area contributed by atoms with Gasteiger partial charge in [0.25, 0.3) is 0 Å². The number of rotatable bonds is 6. The monoisotopic (exact) mass is 297 g/mol.